The van der Waals surface area contributed by atoms with E-state index in [-0.39, 0.29) is 0 Å². The van der Waals surface area contributed by atoms with E-state index in [4.69, 9.17) is 10.5 Å². The summed E-state index contributed by atoms with van der Waals surface area (Å²) in [4.78, 5) is 6.40. The first-order chi connectivity index (χ1) is 6.74. The number of nitrogen functional groups attached to an aromatic ring is 1. The molecule has 1 aromatic heterocycles. The molecule has 0 amide bonds. The van der Waals surface area contributed by atoms with Crippen LogP contribution in [0.5, 0.6) is 5.19 Å². The van der Waals surface area contributed by atoms with E-state index in [1.54, 1.807) is 6.20 Å². The Morgan fingerprint density at radius 3 is 2.86 bits per heavy atom. The maximum absolute atomic E-state index is 5.73. The lowest BCUT2D eigenvalue weighted by Crippen LogP contribution is -2.35. The molecular weight excluding hydrogens is 198 g/mol. The fourth-order valence-electron chi connectivity index (χ4n) is 1.57. The van der Waals surface area contributed by atoms with Gasteiger partial charge in [-0.2, -0.15) is 0 Å². The predicted octanol–water partition coefficient (Wildman–Crippen LogP) is 1.20. The smallest absolute Gasteiger partial charge is 0.275 e. The Balaban J connectivity index is 1.86. The van der Waals surface area contributed by atoms with Gasteiger partial charge in [0.2, 0.25) is 0 Å². The third-order valence-corrected chi connectivity index (χ3v) is 3.15. The van der Waals surface area contributed by atoms with E-state index in [0.29, 0.717) is 16.3 Å². The summed E-state index contributed by atoms with van der Waals surface area (Å²) in [6, 6.07) is 0. The summed E-state index contributed by atoms with van der Waals surface area (Å²) in [5.41, 5.74) is 5.57. The lowest BCUT2D eigenvalue weighted by Gasteiger charge is -2.28. The molecule has 1 fully saturated rings. The van der Waals surface area contributed by atoms with Crippen LogP contribution in [0.3, 0.4) is 0 Å². The van der Waals surface area contributed by atoms with E-state index in [9.17, 15) is 0 Å². The summed E-state index contributed by atoms with van der Waals surface area (Å²) < 4.78 is 5.73. The number of piperidine rings is 1. The van der Waals surface area contributed by atoms with Crippen molar-refractivity contribution in [3.8, 4) is 5.19 Å². The van der Waals surface area contributed by atoms with Gasteiger partial charge in [0.25, 0.3) is 5.19 Å². The molecule has 0 atom stereocenters. The van der Waals surface area contributed by atoms with Crippen molar-refractivity contribution in [2.75, 3.05) is 25.9 Å². The second kappa shape index (κ2) is 4.14. The quantitative estimate of drug-likeness (QED) is 0.802. The number of likely N-dealkylation sites (tertiary alicyclic amines) is 1. The second-order valence-corrected chi connectivity index (χ2v) is 4.67. The number of anilines is 1. The average Bonchev–Trinajstić information content (AvgIpc) is 2.56. The molecule has 0 radical (unpaired) electrons. The van der Waals surface area contributed by atoms with Crippen LogP contribution >= 0.6 is 11.3 Å². The molecule has 0 aliphatic carbocycles. The Bertz CT molecular complexity index is 294. The number of nitrogens with two attached hydrogens (primary N) is 1. The molecule has 0 bridgehead atoms. The number of rotatable bonds is 2. The normalized spacial score (nSPS) is 19.8. The largest absolute Gasteiger partial charge is 0.467 e. The second-order valence-electron chi connectivity index (χ2n) is 3.65. The van der Waals surface area contributed by atoms with Crippen molar-refractivity contribution in [1.29, 1.82) is 0 Å². The number of hydrogen-bond acceptors (Lipinski definition) is 5. The summed E-state index contributed by atoms with van der Waals surface area (Å²) in [6.07, 6.45) is 4.12. The van der Waals surface area contributed by atoms with Gasteiger partial charge in [0.1, 0.15) is 11.1 Å². The van der Waals surface area contributed by atoms with Gasteiger partial charge in [-0.25, -0.2) is 4.98 Å². The highest BCUT2D eigenvalue weighted by Gasteiger charge is 2.18. The van der Waals surface area contributed by atoms with Gasteiger partial charge in [-0.15, -0.1) is 0 Å². The van der Waals surface area contributed by atoms with Gasteiger partial charge in [0.05, 0.1) is 6.20 Å². The van der Waals surface area contributed by atoms with Crippen LogP contribution in [0.2, 0.25) is 0 Å². The van der Waals surface area contributed by atoms with Crippen LogP contribution in [0.1, 0.15) is 12.8 Å². The minimum absolute atomic E-state index is 0.316. The lowest BCUT2D eigenvalue weighted by atomic mass is 10.1. The molecule has 4 nitrogen and oxygen atoms in total. The van der Waals surface area contributed by atoms with Crippen molar-refractivity contribution in [3.05, 3.63) is 6.20 Å². The third kappa shape index (κ3) is 2.36. The Kier molecular flexibility index (Phi) is 2.88. The molecule has 2 N–H and O–H groups in total. The molecule has 1 saturated heterocycles. The molecule has 0 saturated carbocycles. The standard InChI is InChI=1S/C9H15N3OS/c1-12-4-2-7(3-5-12)13-9-11-6-8(10)14-9/h6-7H,2-5,10H2,1H3. The van der Waals surface area contributed by atoms with Gasteiger partial charge in [0, 0.05) is 13.1 Å². The molecule has 0 unspecified atom stereocenters. The van der Waals surface area contributed by atoms with Gasteiger partial charge in [-0.1, -0.05) is 11.3 Å². The summed E-state index contributed by atoms with van der Waals surface area (Å²) in [7, 11) is 2.14. The maximum Gasteiger partial charge on any atom is 0.275 e. The summed E-state index contributed by atoms with van der Waals surface area (Å²) in [5, 5.41) is 1.42. The van der Waals surface area contributed by atoms with Crippen LogP contribution in [-0.2, 0) is 0 Å². The van der Waals surface area contributed by atoms with Crippen molar-refractivity contribution in [2.45, 2.75) is 18.9 Å². The molecule has 2 heterocycles. The number of ether oxygens (including phenoxy) is 1. The van der Waals surface area contributed by atoms with E-state index >= 15 is 0 Å². The van der Waals surface area contributed by atoms with Crippen LogP contribution in [0.15, 0.2) is 6.20 Å². The summed E-state index contributed by atoms with van der Waals surface area (Å²) in [5.74, 6) is 0. The van der Waals surface area contributed by atoms with Gasteiger partial charge < -0.3 is 15.4 Å². The molecule has 0 aromatic carbocycles. The number of aromatic nitrogens is 1. The first kappa shape index (κ1) is 9.73. The molecule has 5 heteroatoms. The number of thiazole rings is 1. The fraction of sp³-hybridized carbons (Fsp3) is 0.667. The molecule has 2 rings (SSSR count). The summed E-state index contributed by atoms with van der Waals surface area (Å²) >= 11 is 1.41. The summed E-state index contributed by atoms with van der Waals surface area (Å²) in [6.45, 7) is 2.21. The van der Waals surface area contributed by atoms with E-state index in [1.165, 1.54) is 11.3 Å². The molecule has 78 valence electrons. The number of hydrogen-bond donors (Lipinski definition) is 1. The Morgan fingerprint density at radius 2 is 2.29 bits per heavy atom. The minimum atomic E-state index is 0.316. The minimum Gasteiger partial charge on any atom is -0.467 e. The average molecular weight is 213 g/mol. The Hall–Kier alpha value is -0.810. The lowest BCUT2D eigenvalue weighted by molar-refractivity contribution is 0.114. The van der Waals surface area contributed by atoms with E-state index in [2.05, 4.69) is 16.9 Å². The zero-order chi connectivity index (χ0) is 9.97. The Morgan fingerprint density at radius 1 is 1.57 bits per heavy atom. The van der Waals surface area contributed by atoms with Crippen molar-refractivity contribution >= 4 is 16.3 Å². The van der Waals surface area contributed by atoms with Crippen molar-refractivity contribution in [2.24, 2.45) is 0 Å². The zero-order valence-corrected chi connectivity index (χ0v) is 9.09. The van der Waals surface area contributed by atoms with Crippen molar-refractivity contribution in [1.82, 2.24) is 9.88 Å². The monoisotopic (exact) mass is 213 g/mol. The predicted molar refractivity (Wildman–Crippen MR) is 57.7 cm³/mol. The van der Waals surface area contributed by atoms with E-state index in [1.807, 2.05) is 0 Å². The first-order valence-corrected chi connectivity index (χ1v) is 5.62. The van der Waals surface area contributed by atoms with Crippen molar-refractivity contribution < 1.29 is 4.74 Å². The fourth-order valence-corrected chi connectivity index (χ4v) is 2.17. The van der Waals surface area contributed by atoms with Crippen LogP contribution in [0.4, 0.5) is 5.00 Å². The SMILES string of the molecule is CN1CCC(Oc2ncc(N)s2)CC1. The Labute approximate surface area is 87.7 Å². The maximum atomic E-state index is 5.73. The molecular formula is C9H15N3OS. The van der Waals surface area contributed by atoms with E-state index in [0.717, 1.165) is 25.9 Å². The van der Waals surface area contributed by atoms with Crippen molar-refractivity contribution in [3.63, 3.8) is 0 Å². The van der Waals surface area contributed by atoms with Gasteiger partial charge in [-0.05, 0) is 19.9 Å². The molecule has 1 aliphatic heterocycles. The van der Waals surface area contributed by atoms with Gasteiger partial charge >= 0.3 is 0 Å². The first-order valence-electron chi connectivity index (χ1n) is 4.80. The highest BCUT2D eigenvalue weighted by atomic mass is 32.1. The van der Waals surface area contributed by atoms with Crippen LogP contribution in [0.25, 0.3) is 0 Å². The van der Waals surface area contributed by atoms with Crippen LogP contribution in [0, 0.1) is 0 Å². The molecule has 0 spiro atoms. The van der Waals surface area contributed by atoms with Crippen LogP contribution < -0.4 is 10.5 Å². The van der Waals surface area contributed by atoms with Gasteiger partial charge in [0.15, 0.2) is 0 Å². The molecule has 1 aromatic rings. The highest BCUT2D eigenvalue weighted by molar-refractivity contribution is 7.17. The molecule has 1 aliphatic rings. The zero-order valence-electron chi connectivity index (χ0n) is 8.27. The van der Waals surface area contributed by atoms with Crippen LogP contribution in [-0.4, -0.2) is 36.1 Å². The van der Waals surface area contributed by atoms with Gasteiger partial charge in [-0.3, -0.25) is 0 Å². The van der Waals surface area contributed by atoms with E-state index < -0.39 is 0 Å². The highest BCUT2D eigenvalue weighted by Crippen LogP contribution is 2.25. The molecule has 14 heavy (non-hydrogen) atoms. The number of nitrogens with zero attached hydrogens (tertiary/aromatic N) is 2. The third-order valence-electron chi connectivity index (χ3n) is 2.44. The topological polar surface area (TPSA) is 51.4 Å².